The number of hydrogen-bond donors (Lipinski definition) is 1. The summed E-state index contributed by atoms with van der Waals surface area (Å²) >= 11 is 0. The molecule has 2 aromatic rings. The molecule has 1 aromatic heterocycles. The maximum absolute atomic E-state index is 12.0. The Morgan fingerprint density at radius 2 is 1.85 bits per heavy atom. The molecule has 1 aromatic carbocycles. The topological polar surface area (TPSA) is 45.2 Å². The van der Waals surface area contributed by atoms with Crippen molar-refractivity contribution in [3.8, 4) is 0 Å². The van der Waals surface area contributed by atoms with Gasteiger partial charge in [-0.05, 0) is 31.8 Å². The van der Waals surface area contributed by atoms with Crippen molar-refractivity contribution in [3.63, 3.8) is 0 Å². The third-order valence-corrected chi connectivity index (χ3v) is 3.16. The van der Waals surface area contributed by atoms with E-state index in [1.54, 1.807) is 18.3 Å². The zero-order valence-corrected chi connectivity index (χ0v) is 11.8. The molecule has 1 heterocycles. The van der Waals surface area contributed by atoms with Crippen LogP contribution in [0.15, 0.2) is 54.7 Å². The Morgan fingerprint density at radius 1 is 1.15 bits per heavy atom. The van der Waals surface area contributed by atoms with Gasteiger partial charge in [0.25, 0.3) is 5.91 Å². The fraction of sp³-hybridized carbons (Fsp3) is 0.250. The summed E-state index contributed by atoms with van der Waals surface area (Å²) in [6.07, 6.45) is 1.62. The van der Waals surface area contributed by atoms with E-state index < -0.39 is 0 Å². The molecule has 2 rings (SSSR count). The zero-order chi connectivity index (χ0) is 14.4. The van der Waals surface area contributed by atoms with Gasteiger partial charge in [0.15, 0.2) is 0 Å². The molecule has 0 saturated heterocycles. The van der Waals surface area contributed by atoms with Crippen LogP contribution in [0.2, 0.25) is 0 Å². The fourth-order valence-corrected chi connectivity index (χ4v) is 2.05. The molecule has 0 aliphatic rings. The van der Waals surface area contributed by atoms with Crippen LogP contribution in [0.5, 0.6) is 0 Å². The van der Waals surface area contributed by atoms with Gasteiger partial charge in [0, 0.05) is 12.7 Å². The lowest BCUT2D eigenvalue weighted by molar-refractivity contribution is 0.0937. The molecule has 0 aliphatic carbocycles. The van der Waals surface area contributed by atoms with Gasteiger partial charge < -0.3 is 10.2 Å². The Balaban J connectivity index is 2.02. The summed E-state index contributed by atoms with van der Waals surface area (Å²) in [6, 6.07) is 15.6. The van der Waals surface area contributed by atoms with Crippen molar-refractivity contribution in [1.29, 1.82) is 0 Å². The number of nitrogens with one attached hydrogen (secondary N) is 1. The third-order valence-electron chi connectivity index (χ3n) is 3.16. The highest BCUT2D eigenvalue weighted by molar-refractivity contribution is 5.92. The minimum absolute atomic E-state index is 0.142. The average molecular weight is 269 g/mol. The Bertz CT molecular complexity index is 540. The summed E-state index contributed by atoms with van der Waals surface area (Å²) in [4.78, 5) is 18.2. The molecule has 1 amide bonds. The quantitative estimate of drug-likeness (QED) is 0.904. The summed E-state index contributed by atoms with van der Waals surface area (Å²) in [7, 11) is 4.01. The Kier molecular flexibility index (Phi) is 4.85. The van der Waals surface area contributed by atoms with E-state index in [1.165, 1.54) is 5.56 Å². The van der Waals surface area contributed by atoms with Crippen LogP contribution < -0.4 is 5.32 Å². The van der Waals surface area contributed by atoms with Crippen molar-refractivity contribution in [2.24, 2.45) is 0 Å². The first-order valence-corrected chi connectivity index (χ1v) is 6.59. The van der Waals surface area contributed by atoms with E-state index in [0.29, 0.717) is 12.2 Å². The lowest BCUT2D eigenvalue weighted by Gasteiger charge is -2.25. The molecule has 20 heavy (non-hydrogen) atoms. The van der Waals surface area contributed by atoms with Crippen molar-refractivity contribution in [3.05, 3.63) is 66.0 Å². The third kappa shape index (κ3) is 3.65. The average Bonchev–Trinajstić information content (AvgIpc) is 2.49. The minimum Gasteiger partial charge on any atom is -0.349 e. The second-order valence-electron chi connectivity index (χ2n) is 4.82. The highest BCUT2D eigenvalue weighted by Crippen LogP contribution is 2.16. The zero-order valence-electron chi connectivity index (χ0n) is 11.8. The van der Waals surface area contributed by atoms with Crippen LogP contribution in [0.1, 0.15) is 22.1 Å². The van der Waals surface area contributed by atoms with E-state index in [2.05, 4.69) is 27.3 Å². The monoisotopic (exact) mass is 269 g/mol. The maximum Gasteiger partial charge on any atom is 0.269 e. The van der Waals surface area contributed by atoms with Gasteiger partial charge in [-0.3, -0.25) is 9.78 Å². The van der Waals surface area contributed by atoms with Gasteiger partial charge in [-0.15, -0.1) is 0 Å². The van der Waals surface area contributed by atoms with Gasteiger partial charge in [-0.1, -0.05) is 36.4 Å². The number of likely N-dealkylation sites (N-methyl/N-ethyl adjacent to an activating group) is 1. The van der Waals surface area contributed by atoms with Crippen LogP contribution in [0, 0.1) is 0 Å². The van der Waals surface area contributed by atoms with E-state index in [-0.39, 0.29) is 11.9 Å². The summed E-state index contributed by atoms with van der Waals surface area (Å²) in [5, 5.41) is 2.94. The maximum atomic E-state index is 12.0. The Morgan fingerprint density at radius 3 is 2.45 bits per heavy atom. The number of amides is 1. The van der Waals surface area contributed by atoms with E-state index in [4.69, 9.17) is 0 Å². The number of pyridine rings is 1. The molecule has 4 heteroatoms. The largest absolute Gasteiger partial charge is 0.349 e. The SMILES string of the molecule is CN(C)C(CNC(=O)c1ccccn1)c1ccccc1. The van der Waals surface area contributed by atoms with Gasteiger partial charge >= 0.3 is 0 Å². The fourth-order valence-electron chi connectivity index (χ4n) is 2.05. The molecule has 1 unspecified atom stereocenters. The molecule has 0 spiro atoms. The summed E-state index contributed by atoms with van der Waals surface area (Å²) in [6.45, 7) is 0.548. The van der Waals surface area contributed by atoms with Gasteiger partial charge in [-0.2, -0.15) is 0 Å². The van der Waals surface area contributed by atoms with Crippen LogP contribution in [0.25, 0.3) is 0 Å². The standard InChI is InChI=1S/C16H19N3O/c1-19(2)15(13-8-4-3-5-9-13)12-18-16(20)14-10-6-7-11-17-14/h3-11,15H,12H2,1-2H3,(H,18,20). The van der Waals surface area contributed by atoms with Gasteiger partial charge in [-0.25, -0.2) is 0 Å². The first-order valence-electron chi connectivity index (χ1n) is 6.59. The summed E-state index contributed by atoms with van der Waals surface area (Å²) < 4.78 is 0. The molecule has 104 valence electrons. The molecule has 1 atom stereocenters. The van der Waals surface area contributed by atoms with Crippen molar-refractivity contribution >= 4 is 5.91 Å². The normalized spacial score (nSPS) is 12.2. The highest BCUT2D eigenvalue weighted by Gasteiger charge is 2.15. The number of benzene rings is 1. The summed E-state index contributed by atoms with van der Waals surface area (Å²) in [5.41, 5.74) is 1.62. The molecule has 0 fully saturated rings. The predicted octanol–water partition coefficient (Wildman–Crippen LogP) is 2.11. The molecular weight excluding hydrogens is 250 g/mol. The smallest absolute Gasteiger partial charge is 0.269 e. The second kappa shape index (κ2) is 6.82. The van der Waals surface area contributed by atoms with Crippen molar-refractivity contribution in [1.82, 2.24) is 15.2 Å². The summed E-state index contributed by atoms with van der Waals surface area (Å²) in [5.74, 6) is -0.145. The van der Waals surface area contributed by atoms with E-state index in [9.17, 15) is 4.79 Å². The first-order chi connectivity index (χ1) is 9.68. The molecule has 1 N–H and O–H groups in total. The van der Waals surface area contributed by atoms with Gasteiger partial charge in [0.05, 0.1) is 6.04 Å². The number of hydrogen-bond acceptors (Lipinski definition) is 3. The predicted molar refractivity (Wildman–Crippen MR) is 79.4 cm³/mol. The molecule has 0 radical (unpaired) electrons. The van der Waals surface area contributed by atoms with Crippen LogP contribution in [0.4, 0.5) is 0 Å². The van der Waals surface area contributed by atoms with Gasteiger partial charge in [0.1, 0.15) is 5.69 Å². The molecule has 0 saturated carbocycles. The van der Waals surface area contributed by atoms with E-state index in [1.807, 2.05) is 38.4 Å². The number of aromatic nitrogens is 1. The number of rotatable bonds is 5. The number of carbonyl (C=O) groups is 1. The van der Waals surface area contributed by atoms with Crippen LogP contribution >= 0.6 is 0 Å². The Labute approximate surface area is 119 Å². The van der Waals surface area contributed by atoms with Crippen molar-refractivity contribution in [2.45, 2.75) is 6.04 Å². The lowest BCUT2D eigenvalue weighted by atomic mass is 10.1. The first kappa shape index (κ1) is 14.2. The van der Waals surface area contributed by atoms with Gasteiger partial charge in [0.2, 0.25) is 0 Å². The van der Waals surface area contributed by atoms with Crippen molar-refractivity contribution < 1.29 is 4.79 Å². The second-order valence-corrected chi connectivity index (χ2v) is 4.82. The number of carbonyl (C=O) groups excluding carboxylic acids is 1. The molecular formula is C16H19N3O. The lowest BCUT2D eigenvalue weighted by Crippen LogP contribution is -2.34. The highest BCUT2D eigenvalue weighted by atomic mass is 16.1. The van der Waals surface area contributed by atoms with Crippen LogP contribution in [0.3, 0.4) is 0 Å². The van der Waals surface area contributed by atoms with E-state index >= 15 is 0 Å². The Hall–Kier alpha value is -2.20. The van der Waals surface area contributed by atoms with Crippen LogP contribution in [-0.2, 0) is 0 Å². The number of nitrogens with zero attached hydrogens (tertiary/aromatic N) is 2. The van der Waals surface area contributed by atoms with Crippen molar-refractivity contribution in [2.75, 3.05) is 20.6 Å². The van der Waals surface area contributed by atoms with E-state index in [0.717, 1.165) is 0 Å². The molecule has 4 nitrogen and oxygen atoms in total. The van der Waals surface area contributed by atoms with Crippen LogP contribution in [-0.4, -0.2) is 36.4 Å². The molecule has 0 bridgehead atoms. The minimum atomic E-state index is -0.145. The molecule has 0 aliphatic heterocycles.